The summed E-state index contributed by atoms with van der Waals surface area (Å²) in [6.45, 7) is 1.54. The van der Waals surface area contributed by atoms with Gasteiger partial charge in [0.15, 0.2) is 0 Å². The fourth-order valence-electron chi connectivity index (χ4n) is 2.12. The van der Waals surface area contributed by atoms with E-state index in [1.807, 2.05) is 0 Å². The van der Waals surface area contributed by atoms with Gasteiger partial charge in [0.1, 0.15) is 11.6 Å². The minimum absolute atomic E-state index is 0.0598. The Hall–Kier alpha value is -1.82. The van der Waals surface area contributed by atoms with Crippen molar-refractivity contribution in [2.45, 2.75) is 18.2 Å². The van der Waals surface area contributed by atoms with Gasteiger partial charge in [0.25, 0.3) is 5.69 Å². The van der Waals surface area contributed by atoms with Gasteiger partial charge in [0, 0.05) is 22.0 Å². The van der Waals surface area contributed by atoms with Crippen molar-refractivity contribution in [3.63, 3.8) is 0 Å². The van der Waals surface area contributed by atoms with E-state index in [9.17, 15) is 18.9 Å². The molecule has 0 spiro atoms. The van der Waals surface area contributed by atoms with Crippen LogP contribution in [0.25, 0.3) is 0 Å². The molecule has 21 heavy (non-hydrogen) atoms. The normalized spacial score (nSPS) is 12.2. The lowest BCUT2D eigenvalue weighted by Gasteiger charge is -2.14. The number of hydrogen-bond donors (Lipinski definition) is 0. The molecule has 1 unspecified atom stereocenters. The Labute approximate surface area is 128 Å². The van der Waals surface area contributed by atoms with Crippen LogP contribution >= 0.6 is 15.9 Å². The third kappa shape index (κ3) is 3.26. The molecule has 2 rings (SSSR count). The maximum atomic E-state index is 14.1. The Morgan fingerprint density at radius 1 is 1.24 bits per heavy atom. The van der Waals surface area contributed by atoms with Crippen LogP contribution in [-0.2, 0) is 6.42 Å². The number of nitro groups is 1. The largest absolute Gasteiger partial charge is 0.272 e. The lowest BCUT2D eigenvalue weighted by atomic mass is 10.0. The van der Waals surface area contributed by atoms with Gasteiger partial charge in [-0.05, 0) is 25.0 Å². The van der Waals surface area contributed by atoms with Gasteiger partial charge in [-0.25, -0.2) is 8.78 Å². The zero-order valence-electron chi connectivity index (χ0n) is 11.1. The highest BCUT2D eigenvalue weighted by Crippen LogP contribution is 2.34. The summed E-state index contributed by atoms with van der Waals surface area (Å²) in [6, 6.07) is 8.72. The number of nitro benzene ring substituents is 1. The Morgan fingerprint density at radius 3 is 2.57 bits per heavy atom. The van der Waals surface area contributed by atoms with Crippen LogP contribution in [0.5, 0.6) is 0 Å². The molecular weight excluding hydrogens is 344 g/mol. The fraction of sp³-hybridized carbons (Fsp3) is 0.200. The smallest absolute Gasteiger partial charge is 0.258 e. The molecule has 0 radical (unpaired) electrons. The second-order valence-electron chi connectivity index (χ2n) is 4.65. The molecule has 0 fully saturated rings. The molecule has 3 nitrogen and oxygen atoms in total. The van der Waals surface area contributed by atoms with Gasteiger partial charge in [-0.1, -0.05) is 40.2 Å². The van der Waals surface area contributed by atoms with Crippen LogP contribution in [0, 0.1) is 28.7 Å². The molecule has 0 bridgehead atoms. The summed E-state index contributed by atoms with van der Waals surface area (Å²) in [5.41, 5.74) is 0.590. The van der Waals surface area contributed by atoms with Gasteiger partial charge in [0.05, 0.1) is 4.92 Å². The maximum Gasteiger partial charge on any atom is 0.272 e. The van der Waals surface area contributed by atoms with Crippen molar-refractivity contribution in [3.8, 4) is 0 Å². The quantitative estimate of drug-likeness (QED) is 0.446. The van der Waals surface area contributed by atoms with E-state index >= 15 is 0 Å². The summed E-state index contributed by atoms with van der Waals surface area (Å²) >= 11 is 3.24. The highest BCUT2D eigenvalue weighted by atomic mass is 79.9. The van der Waals surface area contributed by atoms with E-state index in [2.05, 4.69) is 15.9 Å². The molecule has 0 saturated carbocycles. The van der Waals surface area contributed by atoms with Crippen molar-refractivity contribution in [1.29, 1.82) is 0 Å². The maximum absolute atomic E-state index is 14.1. The predicted molar refractivity (Wildman–Crippen MR) is 79.6 cm³/mol. The van der Waals surface area contributed by atoms with E-state index < -0.39 is 21.4 Å². The number of aryl methyl sites for hydroxylation is 1. The molecule has 110 valence electrons. The molecule has 0 heterocycles. The Balaban J connectivity index is 2.38. The number of rotatable bonds is 4. The van der Waals surface area contributed by atoms with Crippen molar-refractivity contribution < 1.29 is 13.7 Å². The Bertz CT molecular complexity index is 691. The monoisotopic (exact) mass is 355 g/mol. The van der Waals surface area contributed by atoms with Crippen LogP contribution in [0.2, 0.25) is 0 Å². The molecule has 0 aliphatic rings. The lowest BCUT2D eigenvalue weighted by molar-refractivity contribution is -0.385. The van der Waals surface area contributed by atoms with Crippen LogP contribution in [0.4, 0.5) is 14.5 Å². The van der Waals surface area contributed by atoms with Crippen molar-refractivity contribution >= 4 is 21.6 Å². The third-order valence-electron chi connectivity index (χ3n) is 3.22. The molecule has 0 aliphatic heterocycles. The number of halogens is 3. The van der Waals surface area contributed by atoms with E-state index in [-0.39, 0.29) is 17.7 Å². The van der Waals surface area contributed by atoms with Crippen LogP contribution in [-0.4, -0.2) is 4.92 Å². The van der Waals surface area contributed by atoms with Crippen molar-refractivity contribution in [3.05, 3.63) is 74.8 Å². The second-order valence-corrected chi connectivity index (χ2v) is 5.75. The summed E-state index contributed by atoms with van der Waals surface area (Å²) in [5.74, 6) is -1.30. The minimum Gasteiger partial charge on any atom is -0.258 e. The van der Waals surface area contributed by atoms with Gasteiger partial charge in [0.2, 0.25) is 0 Å². The molecular formula is C15H12BrF2NO2. The molecule has 1 atom stereocenters. The zero-order valence-corrected chi connectivity index (χ0v) is 12.7. The molecule has 0 amide bonds. The molecule has 0 saturated heterocycles. The third-order valence-corrected chi connectivity index (χ3v) is 4.00. The second kappa shape index (κ2) is 6.30. The first-order valence-electron chi connectivity index (χ1n) is 6.22. The molecule has 0 aliphatic carbocycles. The van der Waals surface area contributed by atoms with E-state index in [0.717, 1.165) is 0 Å². The Kier molecular flexibility index (Phi) is 4.67. The fourth-order valence-corrected chi connectivity index (χ4v) is 2.89. The summed E-state index contributed by atoms with van der Waals surface area (Å²) in [7, 11) is 0. The number of benzene rings is 2. The lowest BCUT2D eigenvalue weighted by Crippen LogP contribution is -2.05. The van der Waals surface area contributed by atoms with E-state index in [1.54, 1.807) is 25.1 Å². The molecule has 0 aromatic heterocycles. The Morgan fingerprint density at radius 2 is 1.90 bits per heavy atom. The minimum atomic E-state index is -0.682. The van der Waals surface area contributed by atoms with Crippen LogP contribution in [0.3, 0.4) is 0 Å². The molecule has 0 N–H and O–H groups in total. The number of para-hydroxylation sites is 1. The summed E-state index contributed by atoms with van der Waals surface area (Å²) in [4.78, 5) is 9.79. The summed E-state index contributed by atoms with van der Waals surface area (Å²) < 4.78 is 27.9. The number of alkyl halides is 1. The van der Waals surface area contributed by atoms with Crippen LogP contribution in [0.1, 0.15) is 21.5 Å². The molecule has 6 heteroatoms. The van der Waals surface area contributed by atoms with Gasteiger partial charge in [-0.3, -0.25) is 10.1 Å². The summed E-state index contributed by atoms with van der Waals surface area (Å²) in [5, 5.41) is 11.0. The van der Waals surface area contributed by atoms with Gasteiger partial charge in [-0.15, -0.1) is 0 Å². The van der Waals surface area contributed by atoms with E-state index in [0.29, 0.717) is 11.1 Å². The highest BCUT2D eigenvalue weighted by Gasteiger charge is 2.22. The molecule has 2 aromatic carbocycles. The van der Waals surface area contributed by atoms with Gasteiger partial charge in [-0.2, -0.15) is 0 Å². The van der Waals surface area contributed by atoms with Crippen molar-refractivity contribution in [1.82, 2.24) is 0 Å². The van der Waals surface area contributed by atoms with Gasteiger partial charge >= 0.3 is 0 Å². The SMILES string of the molecule is Cc1ccc(F)c(C(Br)Cc2ccccc2[N+](=O)[O-])c1F. The number of nitrogens with zero attached hydrogens (tertiary/aromatic N) is 1. The summed E-state index contributed by atoms with van der Waals surface area (Å²) in [6.07, 6.45) is 0.119. The number of hydrogen-bond acceptors (Lipinski definition) is 2. The molecule has 2 aromatic rings. The highest BCUT2D eigenvalue weighted by molar-refractivity contribution is 9.09. The first-order chi connectivity index (χ1) is 9.91. The van der Waals surface area contributed by atoms with Crippen molar-refractivity contribution in [2.75, 3.05) is 0 Å². The first-order valence-corrected chi connectivity index (χ1v) is 7.14. The zero-order chi connectivity index (χ0) is 15.6. The van der Waals surface area contributed by atoms with Crippen molar-refractivity contribution in [2.24, 2.45) is 0 Å². The van der Waals surface area contributed by atoms with Crippen LogP contribution < -0.4 is 0 Å². The first kappa shape index (κ1) is 15.6. The standard InChI is InChI=1S/C15H12BrF2NO2/c1-9-6-7-12(17)14(15(9)18)11(16)8-10-4-2-3-5-13(10)19(20)21/h2-7,11H,8H2,1H3. The van der Waals surface area contributed by atoms with E-state index in [4.69, 9.17) is 0 Å². The average Bonchev–Trinajstić information content (AvgIpc) is 2.43. The predicted octanol–water partition coefficient (Wildman–Crippen LogP) is 4.86. The topological polar surface area (TPSA) is 43.1 Å². The average molecular weight is 356 g/mol. The van der Waals surface area contributed by atoms with E-state index in [1.165, 1.54) is 18.2 Å². The van der Waals surface area contributed by atoms with Crippen LogP contribution in [0.15, 0.2) is 36.4 Å². The van der Waals surface area contributed by atoms with Gasteiger partial charge < -0.3 is 0 Å².